The average Bonchev–Trinajstić information content (AvgIpc) is 2.26. The molecule has 106 valence electrons. The molecule has 0 unspecified atom stereocenters. The summed E-state index contributed by atoms with van der Waals surface area (Å²) < 4.78 is 56.5. The first kappa shape index (κ1) is 15.1. The monoisotopic (exact) mass is 282 g/mol. The molecule has 4 nitrogen and oxygen atoms in total. The Kier molecular flexibility index (Phi) is 5.40. The van der Waals surface area contributed by atoms with Crippen molar-refractivity contribution in [3.63, 3.8) is 0 Å². The van der Waals surface area contributed by atoms with Gasteiger partial charge in [0.2, 0.25) is 0 Å². The Hall–Kier alpha value is -1.99. The van der Waals surface area contributed by atoms with Gasteiger partial charge < -0.3 is 14.6 Å². The summed E-state index contributed by atoms with van der Waals surface area (Å²) in [7, 11) is 0. The fourth-order valence-electron chi connectivity index (χ4n) is 1.36. The predicted molar refractivity (Wildman–Crippen MR) is 55.7 cm³/mol. The number of ether oxygens (including phenoxy) is 2. The third-order valence-electron chi connectivity index (χ3n) is 2.09. The molecular formula is C11H10F4O4. The van der Waals surface area contributed by atoms with Crippen LogP contribution in [-0.2, 0) is 11.2 Å². The molecule has 0 spiro atoms. The molecule has 1 aromatic carbocycles. The summed E-state index contributed by atoms with van der Waals surface area (Å²) in [5.74, 6) is -1.84. The highest BCUT2D eigenvalue weighted by Gasteiger charge is 2.14. The SMILES string of the molecule is O=C(O)CCc1ccc(OC(F)F)cc1OC(F)F. The van der Waals surface area contributed by atoms with Crippen LogP contribution in [0.3, 0.4) is 0 Å². The highest BCUT2D eigenvalue weighted by molar-refractivity contribution is 5.67. The number of rotatable bonds is 7. The van der Waals surface area contributed by atoms with Gasteiger partial charge in [-0.05, 0) is 18.1 Å². The molecule has 0 heterocycles. The summed E-state index contributed by atoms with van der Waals surface area (Å²) in [6.45, 7) is -6.24. The minimum Gasteiger partial charge on any atom is -0.481 e. The number of hydrogen-bond donors (Lipinski definition) is 1. The maximum atomic E-state index is 12.2. The van der Waals surface area contributed by atoms with Crippen LogP contribution in [0.15, 0.2) is 18.2 Å². The van der Waals surface area contributed by atoms with Gasteiger partial charge in [0.1, 0.15) is 11.5 Å². The number of aryl methyl sites for hydroxylation is 1. The van der Waals surface area contributed by atoms with Gasteiger partial charge in [-0.3, -0.25) is 4.79 Å². The Morgan fingerprint density at radius 3 is 2.32 bits per heavy atom. The number of carbonyl (C=O) groups is 1. The van der Waals surface area contributed by atoms with Gasteiger partial charge in [0.15, 0.2) is 0 Å². The first-order valence-electron chi connectivity index (χ1n) is 5.13. The molecule has 0 saturated carbocycles. The minimum atomic E-state index is -3.15. The quantitative estimate of drug-likeness (QED) is 0.781. The van der Waals surface area contributed by atoms with Crippen LogP contribution in [0.5, 0.6) is 11.5 Å². The lowest BCUT2D eigenvalue weighted by Crippen LogP contribution is -2.07. The molecule has 0 amide bonds. The second-order valence-corrected chi connectivity index (χ2v) is 3.42. The van der Waals surface area contributed by atoms with E-state index in [-0.39, 0.29) is 29.9 Å². The van der Waals surface area contributed by atoms with Crippen molar-refractivity contribution in [1.82, 2.24) is 0 Å². The Balaban J connectivity index is 2.91. The maximum Gasteiger partial charge on any atom is 0.387 e. The van der Waals surface area contributed by atoms with E-state index in [0.29, 0.717) is 0 Å². The molecule has 0 fully saturated rings. The molecule has 19 heavy (non-hydrogen) atoms. The number of benzene rings is 1. The third-order valence-corrected chi connectivity index (χ3v) is 2.09. The van der Waals surface area contributed by atoms with E-state index < -0.39 is 19.2 Å². The zero-order valence-electron chi connectivity index (χ0n) is 9.48. The molecule has 8 heteroatoms. The largest absolute Gasteiger partial charge is 0.481 e. The first-order valence-corrected chi connectivity index (χ1v) is 5.13. The molecule has 1 rings (SSSR count). The zero-order chi connectivity index (χ0) is 14.4. The van der Waals surface area contributed by atoms with Crippen LogP contribution in [0, 0.1) is 0 Å². The van der Waals surface area contributed by atoms with E-state index >= 15 is 0 Å². The van der Waals surface area contributed by atoms with E-state index in [1.165, 1.54) is 6.07 Å². The van der Waals surface area contributed by atoms with E-state index in [2.05, 4.69) is 9.47 Å². The van der Waals surface area contributed by atoms with Crippen molar-refractivity contribution in [2.75, 3.05) is 0 Å². The lowest BCUT2D eigenvalue weighted by molar-refractivity contribution is -0.136. The van der Waals surface area contributed by atoms with E-state index in [1.807, 2.05) is 0 Å². The third kappa shape index (κ3) is 5.45. The Morgan fingerprint density at radius 2 is 1.79 bits per heavy atom. The van der Waals surface area contributed by atoms with Crippen molar-refractivity contribution >= 4 is 5.97 Å². The topological polar surface area (TPSA) is 55.8 Å². The maximum absolute atomic E-state index is 12.2. The number of carboxylic acids is 1. The molecule has 1 aromatic rings. The normalized spacial score (nSPS) is 10.8. The average molecular weight is 282 g/mol. The highest BCUT2D eigenvalue weighted by atomic mass is 19.3. The van der Waals surface area contributed by atoms with Crippen LogP contribution in [-0.4, -0.2) is 24.3 Å². The van der Waals surface area contributed by atoms with Crippen molar-refractivity contribution in [1.29, 1.82) is 0 Å². The summed E-state index contributed by atoms with van der Waals surface area (Å²) in [4.78, 5) is 10.4. The summed E-state index contributed by atoms with van der Waals surface area (Å²) >= 11 is 0. The van der Waals surface area contributed by atoms with Crippen LogP contribution < -0.4 is 9.47 Å². The molecule has 0 atom stereocenters. The molecular weight excluding hydrogens is 272 g/mol. The number of aliphatic carboxylic acids is 1. The van der Waals surface area contributed by atoms with Gasteiger partial charge in [0.05, 0.1) is 0 Å². The molecule has 0 saturated heterocycles. The highest BCUT2D eigenvalue weighted by Crippen LogP contribution is 2.28. The van der Waals surface area contributed by atoms with Gasteiger partial charge in [-0.2, -0.15) is 17.6 Å². The van der Waals surface area contributed by atoms with Gasteiger partial charge in [0, 0.05) is 12.5 Å². The van der Waals surface area contributed by atoms with Gasteiger partial charge in [0.25, 0.3) is 0 Å². The number of alkyl halides is 4. The number of carboxylic acid groups (broad SMARTS) is 1. The zero-order valence-corrected chi connectivity index (χ0v) is 9.48. The van der Waals surface area contributed by atoms with Crippen LogP contribution >= 0.6 is 0 Å². The molecule has 0 aliphatic rings. The second-order valence-electron chi connectivity index (χ2n) is 3.42. The van der Waals surface area contributed by atoms with Gasteiger partial charge in [-0.1, -0.05) is 6.07 Å². The summed E-state index contributed by atoms with van der Waals surface area (Å²) in [6.07, 6.45) is -0.360. The van der Waals surface area contributed by atoms with Crippen molar-refractivity contribution in [2.24, 2.45) is 0 Å². The Morgan fingerprint density at radius 1 is 1.16 bits per heavy atom. The lowest BCUT2D eigenvalue weighted by Gasteiger charge is -2.12. The fraction of sp³-hybridized carbons (Fsp3) is 0.364. The molecule has 0 aliphatic carbocycles. The molecule has 0 bridgehead atoms. The Bertz CT molecular complexity index is 437. The van der Waals surface area contributed by atoms with Gasteiger partial charge in [-0.25, -0.2) is 0 Å². The van der Waals surface area contributed by atoms with E-state index in [9.17, 15) is 22.4 Å². The fourth-order valence-corrected chi connectivity index (χ4v) is 1.36. The van der Waals surface area contributed by atoms with Gasteiger partial charge in [-0.15, -0.1) is 0 Å². The smallest absolute Gasteiger partial charge is 0.387 e. The van der Waals surface area contributed by atoms with E-state index in [1.54, 1.807) is 0 Å². The number of hydrogen-bond acceptors (Lipinski definition) is 3. The van der Waals surface area contributed by atoms with Crippen molar-refractivity contribution in [2.45, 2.75) is 26.1 Å². The van der Waals surface area contributed by atoms with Gasteiger partial charge >= 0.3 is 19.2 Å². The molecule has 0 aromatic heterocycles. The van der Waals surface area contributed by atoms with E-state index in [4.69, 9.17) is 5.11 Å². The van der Waals surface area contributed by atoms with E-state index in [0.717, 1.165) is 12.1 Å². The second kappa shape index (κ2) is 6.81. The number of halogens is 4. The molecule has 1 N–H and O–H groups in total. The molecule has 0 radical (unpaired) electrons. The standard InChI is InChI=1S/C11H10F4O4/c12-10(13)18-7-3-1-6(2-4-9(16)17)8(5-7)19-11(14)15/h1,3,5,10-11H,2,4H2,(H,16,17). The lowest BCUT2D eigenvalue weighted by atomic mass is 10.1. The van der Waals surface area contributed by atoms with Crippen LogP contribution in [0.2, 0.25) is 0 Å². The summed E-state index contributed by atoms with van der Waals surface area (Å²) in [5, 5.41) is 8.51. The van der Waals surface area contributed by atoms with Crippen LogP contribution in [0.1, 0.15) is 12.0 Å². The van der Waals surface area contributed by atoms with Crippen molar-refractivity contribution in [3.05, 3.63) is 23.8 Å². The summed E-state index contributed by atoms with van der Waals surface area (Å²) in [6, 6.07) is 3.20. The van der Waals surface area contributed by atoms with Crippen LogP contribution in [0.4, 0.5) is 17.6 Å². The van der Waals surface area contributed by atoms with Crippen LogP contribution in [0.25, 0.3) is 0 Å². The van der Waals surface area contributed by atoms with Crippen molar-refractivity contribution < 1.29 is 36.9 Å². The predicted octanol–water partition coefficient (Wildman–Crippen LogP) is 2.91. The molecule has 0 aliphatic heterocycles. The minimum absolute atomic E-state index is 0.0631. The first-order chi connectivity index (χ1) is 8.88. The Labute approximate surface area is 105 Å². The van der Waals surface area contributed by atoms with Crippen molar-refractivity contribution in [3.8, 4) is 11.5 Å². The summed E-state index contributed by atoms with van der Waals surface area (Å²) in [5.41, 5.74) is 0.171.